The predicted octanol–water partition coefficient (Wildman–Crippen LogP) is 12.6. The number of anilines is 2. The van der Waals surface area contributed by atoms with Crippen molar-refractivity contribution in [3.8, 4) is 16.9 Å². The maximum Gasteiger partial charge on any atom is 0.128 e. The topological polar surface area (TPSA) is 12.5 Å². The van der Waals surface area contributed by atoms with Crippen LogP contribution >= 0.6 is 0 Å². The van der Waals surface area contributed by atoms with E-state index in [0.717, 1.165) is 11.4 Å². The summed E-state index contributed by atoms with van der Waals surface area (Å²) in [5.41, 5.74) is 16.2. The fourth-order valence-electron chi connectivity index (χ4n) is 12.7. The van der Waals surface area contributed by atoms with Crippen LogP contribution in [0.5, 0.6) is 5.75 Å². The standard InChI is InChI=1S/C54H47NO/c1-32-20-24-38-39-25-21-33(2)29-48(39)54(47(38)28-32)44-16-9-6-14-42(44)52-45(54)17-11-18-49(52)55(35-23-27-41-40-13-7-10-19-50(40)56-51(41)31-35)34-22-26-37-36-12-5-8-15-43(36)53(3,4)46(37)30-34/h5-31,36,40,42-45,50,52H,1-4H3. The lowest BCUT2D eigenvalue weighted by Crippen LogP contribution is -2.38. The number of benzene rings is 4. The highest BCUT2D eigenvalue weighted by Gasteiger charge is 2.64. The van der Waals surface area contributed by atoms with Crippen LogP contribution in [0.4, 0.5) is 11.4 Å². The zero-order valence-corrected chi connectivity index (χ0v) is 32.6. The minimum absolute atomic E-state index is 0.00807. The Morgan fingerprint density at radius 2 is 1.16 bits per heavy atom. The molecule has 8 unspecified atom stereocenters. The number of aryl methyl sites for hydroxylation is 2. The van der Waals surface area contributed by atoms with Gasteiger partial charge < -0.3 is 9.64 Å². The lowest BCUT2D eigenvalue weighted by molar-refractivity contribution is 0.269. The molecule has 1 heterocycles. The van der Waals surface area contributed by atoms with Crippen LogP contribution in [0.3, 0.4) is 0 Å². The van der Waals surface area contributed by atoms with E-state index in [1.54, 1.807) is 0 Å². The third-order valence-electron chi connectivity index (χ3n) is 15.0. The van der Waals surface area contributed by atoms with Crippen LogP contribution in [0.25, 0.3) is 11.1 Å². The Kier molecular flexibility index (Phi) is 6.69. The molecule has 1 fully saturated rings. The van der Waals surface area contributed by atoms with Gasteiger partial charge in [-0.15, -0.1) is 0 Å². The summed E-state index contributed by atoms with van der Waals surface area (Å²) in [7, 11) is 0. The summed E-state index contributed by atoms with van der Waals surface area (Å²) in [6.07, 6.45) is 35.3. The molecule has 2 heteroatoms. The van der Waals surface area contributed by atoms with E-state index in [2.05, 4.69) is 197 Å². The van der Waals surface area contributed by atoms with Crippen molar-refractivity contribution in [3.63, 3.8) is 0 Å². The number of ether oxygens (including phenoxy) is 1. The molecule has 0 bridgehead atoms. The minimum atomic E-state index is -0.190. The molecule has 1 spiro atoms. The largest absolute Gasteiger partial charge is 0.485 e. The van der Waals surface area contributed by atoms with Crippen LogP contribution in [0, 0.1) is 43.4 Å². The molecule has 56 heavy (non-hydrogen) atoms. The summed E-state index contributed by atoms with van der Waals surface area (Å²) in [4.78, 5) is 2.62. The highest BCUT2D eigenvalue weighted by Crippen LogP contribution is 2.69. The number of nitrogens with zero attached hydrogens (tertiary/aromatic N) is 1. The van der Waals surface area contributed by atoms with Crippen LogP contribution in [0.1, 0.15) is 64.6 Å². The van der Waals surface area contributed by atoms with Crippen molar-refractivity contribution in [2.45, 2.75) is 56.5 Å². The maximum atomic E-state index is 6.71. The average molecular weight is 726 g/mol. The van der Waals surface area contributed by atoms with Gasteiger partial charge in [0, 0.05) is 57.8 Å². The lowest BCUT2D eigenvalue weighted by Gasteiger charge is -2.41. The monoisotopic (exact) mass is 725 g/mol. The summed E-state index contributed by atoms with van der Waals surface area (Å²) >= 11 is 0. The third kappa shape index (κ3) is 4.17. The fourth-order valence-corrected chi connectivity index (χ4v) is 12.7. The molecule has 1 aliphatic heterocycles. The van der Waals surface area contributed by atoms with E-state index in [1.165, 1.54) is 61.5 Å². The van der Waals surface area contributed by atoms with E-state index in [9.17, 15) is 0 Å². The van der Waals surface area contributed by atoms with Gasteiger partial charge in [0.05, 0.1) is 0 Å². The first-order valence-electron chi connectivity index (χ1n) is 20.8. The molecule has 274 valence electrons. The van der Waals surface area contributed by atoms with Crippen molar-refractivity contribution >= 4 is 11.4 Å². The smallest absolute Gasteiger partial charge is 0.128 e. The van der Waals surface area contributed by atoms with Crippen molar-refractivity contribution in [3.05, 3.63) is 209 Å². The van der Waals surface area contributed by atoms with Crippen LogP contribution in [-0.2, 0) is 10.8 Å². The molecule has 8 atom stereocenters. The normalized spacial score (nSPS) is 30.2. The van der Waals surface area contributed by atoms with E-state index in [4.69, 9.17) is 4.74 Å². The molecule has 8 aliphatic rings. The number of fused-ring (bicyclic) bond motifs is 16. The first-order valence-corrected chi connectivity index (χ1v) is 20.8. The van der Waals surface area contributed by atoms with Crippen LogP contribution in [-0.4, -0.2) is 6.10 Å². The Balaban J connectivity index is 1.07. The van der Waals surface area contributed by atoms with E-state index in [1.807, 2.05) is 0 Å². The van der Waals surface area contributed by atoms with Gasteiger partial charge in [0.1, 0.15) is 11.9 Å². The Bertz CT molecular complexity index is 2580. The van der Waals surface area contributed by atoms with Crippen molar-refractivity contribution in [1.29, 1.82) is 0 Å². The summed E-state index contributed by atoms with van der Waals surface area (Å²) in [6.45, 7) is 9.42. The molecule has 1 saturated carbocycles. The van der Waals surface area contributed by atoms with Crippen LogP contribution < -0.4 is 9.64 Å². The Hall–Kier alpha value is -5.60. The van der Waals surface area contributed by atoms with Gasteiger partial charge >= 0.3 is 0 Å². The number of hydrogen-bond donors (Lipinski definition) is 0. The molecule has 0 aromatic heterocycles. The Morgan fingerprint density at radius 1 is 0.536 bits per heavy atom. The molecule has 0 amide bonds. The summed E-state index contributed by atoms with van der Waals surface area (Å²) in [5, 5.41) is 0. The highest BCUT2D eigenvalue weighted by molar-refractivity contribution is 5.84. The minimum Gasteiger partial charge on any atom is -0.485 e. The third-order valence-corrected chi connectivity index (χ3v) is 15.0. The molecule has 0 saturated heterocycles. The molecule has 0 N–H and O–H groups in total. The second kappa shape index (κ2) is 11.5. The molecule has 7 aliphatic carbocycles. The molecular weight excluding hydrogens is 679 g/mol. The second-order valence-corrected chi connectivity index (χ2v) is 18.1. The molecule has 12 rings (SSSR count). The van der Waals surface area contributed by atoms with Gasteiger partial charge in [-0.2, -0.15) is 0 Å². The Morgan fingerprint density at radius 3 is 1.93 bits per heavy atom. The van der Waals surface area contributed by atoms with Gasteiger partial charge in [-0.1, -0.05) is 152 Å². The highest BCUT2D eigenvalue weighted by atomic mass is 16.5. The summed E-state index contributed by atoms with van der Waals surface area (Å²) < 4.78 is 6.71. The van der Waals surface area contributed by atoms with Crippen molar-refractivity contribution in [2.75, 3.05) is 4.90 Å². The quantitative estimate of drug-likeness (QED) is 0.208. The Labute approximate surface area is 331 Å². The first kappa shape index (κ1) is 32.6. The van der Waals surface area contributed by atoms with Crippen molar-refractivity contribution < 1.29 is 4.74 Å². The number of hydrogen-bond acceptors (Lipinski definition) is 2. The molecule has 0 radical (unpaired) electrons. The lowest BCUT2D eigenvalue weighted by atomic mass is 9.63. The van der Waals surface area contributed by atoms with Gasteiger partial charge in [-0.05, 0) is 101 Å². The van der Waals surface area contributed by atoms with Crippen molar-refractivity contribution in [1.82, 2.24) is 0 Å². The van der Waals surface area contributed by atoms with Gasteiger partial charge in [-0.25, -0.2) is 0 Å². The van der Waals surface area contributed by atoms with Gasteiger partial charge in [-0.3, -0.25) is 0 Å². The second-order valence-electron chi connectivity index (χ2n) is 18.1. The summed E-state index contributed by atoms with van der Waals surface area (Å²) in [6, 6.07) is 28.9. The fraction of sp³-hybridized carbons (Fsp3) is 0.259. The zero-order valence-electron chi connectivity index (χ0n) is 32.6. The molecule has 2 nitrogen and oxygen atoms in total. The summed E-state index contributed by atoms with van der Waals surface area (Å²) in [5.74, 6) is 3.24. The van der Waals surface area contributed by atoms with Crippen LogP contribution in [0.2, 0.25) is 0 Å². The predicted molar refractivity (Wildman–Crippen MR) is 230 cm³/mol. The number of rotatable bonds is 3. The first-order chi connectivity index (χ1) is 27.3. The molecule has 4 aromatic carbocycles. The van der Waals surface area contributed by atoms with Crippen molar-refractivity contribution in [2.24, 2.45) is 29.6 Å². The number of allylic oxidation sites excluding steroid dienone is 14. The van der Waals surface area contributed by atoms with Crippen LogP contribution in [0.15, 0.2) is 170 Å². The van der Waals surface area contributed by atoms with E-state index >= 15 is 0 Å². The SMILES string of the molecule is Cc1ccc2c(c1)C1(c3cc(C)ccc3-2)C2C=CC=CC2C2C(N(c3ccc4c(c3)OC3C=CC=CC43)c3ccc4c(c3)C(C)(C)C3C=CC=CC43)=CC=CC21. The van der Waals surface area contributed by atoms with Gasteiger partial charge in [0.15, 0.2) is 0 Å². The molecular formula is C54H47NO. The average Bonchev–Trinajstić information content (AvgIpc) is 3.90. The van der Waals surface area contributed by atoms with E-state index in [-0.39, 0.29) is 34.7 Å². The molecule has 4 aromatic rings. The van der Waals surface area contributed by atoms with E-state index < -0.39 is 0 Å². The zero-order chi connectivity index (χ0) is 37.5. The maximum absolute atomic E-state index is 6.71. The van der Waals surface area contributed by atoms with Gasteiger partial charge in [0.2, 0.25) is 0 Å². The van der Waals surface area contributed by atoms with Gasteiger partial charge in [0.25, 0.3) is 0 Å². The van der Waals surface area contributed by atoms with E-state index in [0.29, 0.717) is 23.7 Å².